The summed E-state index contributed by atoms with van der Waals surface area (Å²) >= 11 is 9.27. The van der Waals surface area contributed by atoms with Crippen molar-refractivity contribution in [2.24, 2.45) is 5.73 Å². The fourth-order valence-electron chi connectivity index (χ4n) is 2.05. The van der Waals surface area contributed by atoms with Crippen LogP contribution in [0.1, 0.15) is 23.2 Å². The minimum Gasteiger partial charge on any atom is -0.337 e. The van der Waals surface area contributed by atoms with Crippen LogP contribution in [0, 0.1) is 0 Å². The Labute approximate surface area is 114 Å². The van der Waals surface area contributed by atoms with Crippen LogP contribution in [0.3, 0.4) is 0 Å². The lowest BCUT2D eigenvalue weighted by molar-refractivity contribution is 0.0709. The molecule has 5 heteroatoms. The zero-order chi connectivity index (χ0) is 12.4. The highest BCUT2D eigenvalue weighted by Gasteiger charge is 2.22. The van der Waals surface area contributed by atoms with E-state index in [0.717, 1.165) is 23.9 Å². The monoisotopic (exact) mass is 316 g/mol. The highest BCUT2D eigenvalue weighted by molar-refractivity contribution is 9.10. The molecular formula is C12H14BrClN2O. The van der Waals surface area contributed by atoms with E-state index in [1.807, 2.05) is 0 Å². The van der Waals surface area contributed by atoms with Crippen molar-refractivity contribution in [3.8, 4) is 0 Å². The van der Waals surface area contributed by atoms with Gasteiger partial charge in [0.1, 0.15) is 0 Å². The lowest BCUT2D eigenvalue weighted by Crippen LogP contribution is -2.45. The van der Waals surface area contributed by atoms with Crippen LogP contribution in [0.15, 0.2) is 22.7 Å². The van der Waals surface area contributed by atoms with E-state index < -0.39 is 0 Å². The van der Waals surface area contributed by atoms with Crippen molar-refractivity contribution in [2.75, 3.05) is 13.1 Å². The van der Waals surface area contributed by atoms with Gasteiger partial charge in [-0.2, -0.15) is 0 Å². The number of piperidine rings is 1. The highest BCUT2D eigenvalue weighted by Crippen LogP contribution is 2.21. The third-order valence-corrected chi connectivity index (χ3v) is 3.53. The van der Waals surface area contributed by atoms with Crippen LogP contribution in [0.5, 0.6) is 0 Å². The molecule has 1 aliphatic rings. The van der Waals surface area contributed by atoms with Gasteiger partial charge >= 0.3 is 0 Å². The number of rotatable bonds is 1. The first-order valence-corrected chi connectivity index (χ1v) is 6.74. The van der Waals surface area contributed by atoms with E-state index in [1.165, 1.54) is 0 Å². The molecule has 0 radical (unpaired) electrons. The first-order valence-electron chi connectivity index (χ1n) is 5.57. The smallest absolute Gasteiger partial charge is 0.253 e. The van der Waals surface area contributed by atoms with E-state index in [4.69, 9.17) is 17.3 Å². The molecule has 1 heterocycles. The Bertz CT molecular complexity index is 418. The van der Waals surface area contributed by atoms with Crippen LogP contribution in [0.4, 0.5) is 0 Å². The van der Waals surface area contributed by atoms with Crippen LogP contribution in [-0.2, 0) is 0 Å². The summed E-state index contributed by atoms with van der Waals surface area (Å²) in [6.45, 7) is 1.40. The molecular weight excluding hydrogens is 304 g/mol. The summed E-state index contributed by atoms with van der Waals surface area (Å²) in [5.41, 5.74) is 6.48. The van der Waals surface area contributed by atoms with Gasteiger partial charge in [-0.1, -0.05) is 27.5 Å². The van der Waals surface area contributed by atoms with E-state index in [2.05, 4.69) is 15.9 Å². The van der Waals surface area contributed by atoms with Crippen LogP contribution in [-0.4, -0.2) is 29.9 Å². The second kappa shape index (κ2) is 5.38. The molecule has 1 saturated heterocycles. The van der Waals surface area contributed by atoms with Crippen LogP contribution in [0.25, 0.3) is 0 Å². The Balaban J connectivity index is 2.18. The number of likely N-dealkylation sites (tertiary alicyclic amines) is 1. The summed E-state index contributed by atoms with van der Waals surface area (Å²) < 4.78 is 0.814. The van der Waals surface area contributed by atoms with Crippen molar-refractivity contribution in [1.29, 1.82) is 0 Å². The number of benzene rings is 1. The van der Waals surface area contributed by atoms with Crippen molar-refractivity contribution in [3.05, 3.63) is 33.3 Å². The summed E-state index contributed by atoms with van der Waals surface area (Å²) in [6, 6.07) is 5.33. The molecule has 92 valence electrons. The predicted molar refractivity (Wildman–Crippen MR) is 72.3 cm³/mol. The Kier molecular flexibility index (Phi) is 4.07. The number of amides is 1. The van der Waals surface area contributed by atoms with Crippen molar-refractivity contribution in [2.45, 2.75) is 18.9 Å². The molecule has 0 unspecified atom stereocenters. The lowest BCUT2D eigenvalue weighted by atomic mass is 10.1. The predicted octanol–water partition coefficient (Wildman–Crippen LogP) is 2.67. The second-order valence-electron chi connectivity index (χ2n) is 4.31. The largest absolute Gasteiger partial charge is 0.337 e. The van der Waals surface area contributed by atoms with Crippen molar-refractivity contribution in [3.63, 3.8) is 0 Å². The van der Waals surface area contributed by atoms with E-state index in [1.54, 1.807) is 23.1 Å². The molecule has 1 aromatic rings. The van der Waals surface area contributed by atoms with Gasteiger partial charge in [-0.05, 0) is 31.0 Å². The molecule has 17 heavy (non-hydrogen) atoms. The van der Waals surface area contributed by atoms with Gasteiger partial charge in [0.15, 0.2) is 0 Å². The summed E-state index contributed by atoms with van der Waals surface area (Å²) in [5, 5.41) is 0.559. The molecule has 0 bridgehead atoms. The lowest BCUT2D eigenvalue weighted by Gasteiger charge is -2.30. The SMILES string of the molecule is N[C@@H]1CCCN(C(=O)c2cc(Cl)cc(Br)c2)C1. The molecule has 0 spiro atoms. The Morgan fingerprint density at radius 1 is 1.47 bits per heavy atom. The average Bonchev–Trinajstić information content (AvgIpc) is 2.26. The summed E-state index contributed by atoms with van der Waals surface area (Å²) in [5.74, 6) is 0.00310. The third kappa shape index (κ3) is 3.21. The molecule has 1 aromatic carbocycles. The van der Waals surface area contributed by atoms with Gasteiger partial charge < -0.3 is 10.6 Å². The van der Waals surface area contributed by atoms with Crippen LogP contribution < -0.4 is 5.73 Å². The number of nitrogens with zero attached hydrogens (tertiary/aromatic N) is 1. The summed E-state index contributed by atoms with van der Waals surface area (Å²) in [6.07, 6.45) is 1.96. The van der Waals surface area contributed by atoms with E-state index in [0.29, 0.717) is 17.1 Å². The van der Waals surface area contributed by atoms with Gasteiger partial charge in [-0.15, -0.1) is 0 Å². The Hall–Kier alpha value is -0.580. The fourth-order valence-corrected chi connectivity index (χ4v) is 2.91. The van der Waals surface area contributed by atoms with Gasteiger partial charge in [-0.3, -0.25) is 4.79 Å². The number of halogens is 2. The second-order valence-corrected chi connectivity index (χ2v) is 5.66. The molecule has 0 aliphatic carbocycles. The van der Waals surface area contributed by atoms with Crippen molar-refractivity contribution in [1.82, 2.24) is 4.90 Å². The average molecular weight is 318 g/mol. The van der Waals surface area contributed by atoms with Crippen LogP contribution in [0.2, 0.25) is 5.02 Å². The number of nitrogens with two attached hydrogens (primary N) is 1. The molecule has 0 saturated carbocycles. The van der Waals surface area contributed by atoms with Gasteiger partial charge in [-0.25, -0.2) is 0 Å². The normalized spacial score (nSPS) is 20.4. The zero-order valence-electron chi connectivity index (χ0n) is 9.33. The maximum atomic E-state index is 12.2. The van der Waals surface area contributed by atoms with Gasteiger partial charge in [0.05, 0.1) is 0 Å². The topological polar surface area (TPSA) is 46.3 Å². The number of carbonyl (C=O) groups excluding carboxylic acids is 1. The quantitative estimate of drug-likeness (QED) is 0.865. The number of hydrogen-bond acceptors (Lipinski definition) is 2. The van der Waals surface area contributed by atoms with Crippen molar-refractivity contribution < 1.29 is 4.79 Å². The minimum atomic E-state index is 0.00310. The molecule has 1 amide bonds. The van der Waals surface area contributed by atoms with E-state index >= 15 is 0 Å². The van der Waals surface area contributed by atoms with Crippen molar-refractivity contribution >= 4 is 33.4 Å². The summed E-state index contributed by atoms with van der Waals surface area (Å²) in [4.78, 5) is 14.0. The molecule has 1 atom stereocenters. The molecule has 0 aromatic heterocycles. The van der Waals surface area contributed by atoms with Gasteiger partial charge in [0.2, 0.25) is 0 Å². The molecule has 2 N–H and O–H groups in total. The number of hydrogen-bond donors (Lipinski definition) is 1. The Morgan fingerprint density at radius 2 is 2.24 bits per heavy atom. The highest BCUT2D eigenvalue weighted by atomic mass is 79.9. The van der Waals surface area contributed by atoms with E-state index in [9.17, 15) is 4.79 Å². The first kappa shape index (κ1) is 12.9. The molecule has 1 aliphatic heterocycles. The fraction of sp³-hybridized carbons (Fsp3) is 0.417. The molecule has 3 nitrogen and oxygen atoms in total. The maximum absolute atomic E-state index is 12.2. The van der Waals surface area contributed by atoms with Gasteiger partial charge in [0.25, 0.3) is 5.91 Å². The first-order chi connectivity index (χ1) is 8.06. The maximum Gasteiger partial charge on any atom is 0.253 e. The molecule has 1 fully saturated rings. The number of carbonyl (C=O) groups is 1. The summed E-state index contributed by atoms with van der Waals surface area (Å²) in [7, 11) is 0. The van der Waals surface area contributed by atoms with E-state index in [-0.39, 0.29) is 11.9 Å². The Morgan fingerprint density at radius 3 is 2.88 bits per heavy atom. The van der Waals surface area contributed by atoms with Gasteiger partial charge in [0, 0.05) is 34.2 Å². The standard InChI is InChI=1S/C12H14BrClN2O/c13-9-4-8(5-10(14)6-9)12(17)16-3-1-2-11(15)7-16/h4-6,11H,1-3,7,15H2/t11-/m1/s1. The molecule has 2 rings (SSSR count). The minimum absolute atomic E-state index is 0.00310. The van der Waals surface area contributed by atoms with Crippen LogP contribution >= 0.6 is 27.5 Å². The zero-order valence-corrected chi connectivity index (χ0v) is 11.7. The third-order valence-electron chi connectivity index (χ3n) is 2.85.